The Morgan fingerprint density at radius 3 is 2.65 bits per heavy atom. The van der Waals surface area contributed by atoms with Crippen molar-refractivity contribution in [3.63, 3.8) is 0 Å². The maximum absolute atomic E-state index is 13.6. The molecule has 6 nitrogen and oxygen atoms in total. The first-order valence-corrected chi connectivity index (χ1v) is 9.23. The molecular weight excluding hydrogens is 373 g/mol. The van der Waals surface area contributed by atoms with Crippen LogP contribution < -0.4 is 10.6 Å². The number of benzene rings is 2. The van der Waals surface area contributed by atoms with Gasteiger partial charge in [-0.3, -0.25) is 4.79 Å². The number of anilines is 3. The van der Waals surface area contributed by atoms with Gasteiger partial charge in [0.1, 0.15) is 11.9 Å². The summed E-state index contributed by atoms with van der Waals surface area (Å²) in [5, 5.41) is 22.9. The van der Waals surface area contributed by atoms with E-state index in [4.69, 9.17) is 5.26 Å². The van der Waals surface area contributed by atoms with Gasteiger partial charge in [0.05, 0.1) is 22.7 Å². The van der Waals surface area contributed by atoms with E-state index >= 15 is 0 Å². The lowest BCUT2D eigenvalue weighted by Gasteiger charge is -2.05. The third-order valence-electron chi connectivity index (χ3n) is 3.17. The first-order chi connectivity index (χ1) is 12.7. The Balaban J connectivity index is 1.56. The summed E-state index contributed by atoms with van der Waals surface area (Å²) >= 11 is 2.44. The summed E-state index contributed by atoms with van der Waals surface area (Å²) in [6, 6.07) is 15.1. The highest BCUT2D eigenvalue weighted by Crippen LogP contribution is 2.28. The number of amides is 1. The van der Waals surface area contributed by atoms with Crippen LogP contribution in [0.2, 0.25) is 0 Å². The minimum absolute atomic E-state index is 0.119. The number of aromatic nitrogens is 2. The molecule has 0 atom stereocenters. The van der Waals surface area contributed by atoms with Gasteiger partial charge in [0.25, 0.3) is 0 Å². The van der Waals surface area contributed by atoms with Crippen molar-refractivity contribution < 1.29 is 9.18 Å². The highest BCUT2D eigenvalue weighted by molar-refractivity contribution is 8.01. The summed E-state index contributed by atoms with van der Waals surface area (Å²) in [6.07, 6.45) is 0. The number of nitrogens with zero attached hydrogens (tertiary/aromatic N) is 3. The van der Waals surface area contributed by atoms with E-state index in [0.717, 1.165) is 0 Å². The van der Waals surface area contributed by atoms with Gasteiger partial charge in [0, 0.05) is 0 Å². The maximum atomic E-state index is 13.6. The lowest BCUT2D eigenvalue weighted by Crippen LogP contribution is -2.14. The summed E-state index contributed by atoms with van der Waals surface area (Å²) in [6.45, 7) is 0. The molecule has 26 heavy (non-hydrogen) atoms. The molecule has 3 aromatic rings. The fourth-order valence-corrected chi connectivity index (χ4v) is 3.56. The third kappa shape index (κ3) is 4.56. The third-order valence-corrected chi connectivity index (χ3v) is 5.14. The second kappa shape index (κ2) is 8.42. The number of hydrogen-bond acceptors (Lipinski definition) is 7. The molecule has 0 spiro atoms. The number of halogens is 1. The molecule has 0 aliphatic rings. The van der Waals surface area contributed by atoms with Crippen molar-refractivity contribution >= 4 is 45.5 Å². The van der Waals surface area contributed by atoms with Crippen LogP contribution in [0.5, 0.6) is 0 Å². The van der Waals surface area contributed by atoms with Crippen molar-refractivity contribution in [2.75, 3.05) is 16.4 Å². The smallest absolute Gasteiger partial charge is 0.234 e. The first kappa shape index (κ1) is 17.8. The molecule has 2 aromatic carbocycles. The summed E-state index contributed by atoms with van der Waals surface area (Å²) < 4.78 is 14.2. The minimum Gasteiger partial charge on any atom is -0.328 e. The zero-order valence-corrected chi connectivity index (χ0v) is 14.9. The minimum atomic E-state index is -0.382. The number of thioether (sulfide) groups is 1. The average Bonchev–Trinajstić information content (AvgIpc) is 3.10. The number of carbonyl (C=O) groups excluding carboxylic acids is 1. The molecular formula is C17H12FN5OS2. The van der Waals surface area contributed by atoms with Gasteiger partial charge >= 0.3 is 0 Å². The normalized spacial score (nSPS) is 10.2. The van der Waals surface area contributed by atoms with E-state index in [1.54, 1.807) is 42.5 Å². The number of para-hydroxylation sites is 2. The molecule has 2 N–H and O–H groups in total. The van der Waals surface area contributed by atoms with Crippen LogP contribution >= 0.6 is 23.1 Å². The van der Waals surface area contributed by atoms with Gasteiger partial charge in [-0.25, -0.2) is 4.39 Å². The van der Waals surface area contributed by atoms with Gasteiger partial charge in [-0.1, -0.05) is 47.4 Å². The molecule has 130 valence electrons. The largest absolute Gasteiger partial charge is 0.328 e. The van der Waals surface area contributed by atoms with Crippen LogP contribution in [0.1, 0.15) is 5.56 Å². The number of nitriles is 1. The van der Waals surface area contributed by atoms with Crippen LogP contribution in [0, 0.1) is 17.1 Å². The van der Waals surface area contributed by atoms with Gasteiger partial charge in [-0.15, -0.1) is 10.2 Å². The van der Waals surface area contributed by atoms with Crippen molar-refractivity contribution in [1.82, 2.24) is 10.2 Å². The zero-order chi connectivity index (χ0) is 18.4. The second-order valence-electron chi connectivity index (χ2n) is 4.97. The highest BCUT2D eigenvalue weighted by Gasteiger charge is 2.11. The Bertz CT molecular complexity index is 970. The molecule has 0 aliphatic heterocycles. The zero-order valence-electron chi connectivity index (χ0n) is 13.3. The highest BCUT2D eigenvalue weighted by atomic mass is 32.2. The topological polar surface area (TPSA) is 90.7 Å². The molecule has 1 amide bonds. The monoisotopic (exact) mass is 385 g/mol. The molecule has 1 heterocycles. The quantitative estimate of drug-likeness (QED) is 0.623. The van der Waals surface area contributed by atoms with Gasteiger partial charge in [0.15, 0.2) is 4.34 Å². The standard InChI is InChI=1S/C17H12FN5OS2/c18-12-6-2-4-8-14(12)21-16-22-23-17(26-16)25-10-15(24)20-13-7-3-1-5-11(13)9-19/h1-8H,10H2,(H,20,24)(H,21,22). The second-order valence-corrected chi connectivity index (χ2v) is 7.17. The Labute approximate surface area is 157 Å². The average molecular weight is 385 g/mol. The van der Waals surface area contributed by atoms with Crippen molar-refractivity contribution in [3.05, 3.63) is 59.9 Å². The van der Waals surface area contributed by atoms with Crippen LogP contribution in [-0.2, 0) is 4.79 Å². The Hall–Kier alpha value is -2.96. The van der Waals surface area contributed by atoms with Gasteiger partial charge in [-0.05, 0) is 24.3 Å². The molecule has 0 saturated heterocycles. The van der Waals surface area contributed by atoms with Gasteiger partial charge in [-0.2, -0.15) is 5.26 Å². The van der Waals surface area contributed by atoms with E-state index in [0.29, 0.717) is 26.4 Å². The number of hydrogen-bond donors (Lipinski definition) is 2. The van der Waals surface area contributed by atoms with Gasteiger partial charge in [0.2, 0.25) is 11.0 Å². The Morgan fingerprint density at radius 2 is 1.88 bits per heavy atom. The van der Waals surface area contributed by atoms with Crippen molar-refractivity contribution in [3.8, 4) is 6.07 Å². The van der Waals surface area contributed by atoms with E-state index in [2.05, 4.69) is 20.8 Å². The first-order valence-electron chi connectivity index (χ1n) is 7.42. The van der Waals surface area contributed by atoms with Crippen LogP contribution in [0.3, 0.4) is 0 Å². The molecule has 0 unspecified atom stereocenters. The molecule has 0 aliphatic carbocycles. The van der Waals surface area contributed by atoms with E-state index in [1.165, 1.54) is 29.2 Å². The summed E-state index contributed by atoms with van der Waals surface area (Å²) in [4.78, 5) is 12.0. The van der Waals surface area contributed by atoms with E-state index in [9.17, 15) is 9.18 Å². The maximum Gasteiger partial charge on any atom is 0.234 e. The van der Waals surface area contributed by atoms with E-state index in [-0.39, 0.29) is 17.5 Å². The SMILES string of the molecule is N#Cc1ccccc1NC(=O)CSc1nnc(Nc2ccccc2F)s1. The lowest BCUT2D eigenvalue weighted by molar-refractivity contribution is -0.113. The predicted octanol–water partition coefficient (Wildman–Crippen LogP) is 4.02. The Morgan fingerprint density at radius 1 is 1.15 bits per heavy atom. The number of nitrogens with one attached hydrogen (secondary N) is 2. The van der Waals surface area contributed by atoms with Gasteiger partial charge < -0.3 is 10.6 Å². The lowest BCUT2D eigenvalue weighted by atomic mass is 10.2. The molecule has 1 aromatic heterocycles. The van der Waals surface area contributed by atoms with Crippen LogP contribution in [0.4, 0.5) is 20.9 Å². The van der Waals surface area contributed by atoms with Crippen molar-refractivity contribution in [1.29, 1.82) is 5.26 Å². The van der Waals surface area contributed by atoms with Crippen molar-refractivity contribution in [2.45, 2.75) is 4.34 Å². The van der Waals surface area contributed by atoms with E-state index in [1.807, 2.05) is 6.07 Å². The fourth-order valence-electron chi connectivity index (χ4n) is 2.00. The predicted molar refractivity (Wildman–Crippen MR) is 100 cm³/mol. The molecule has 0 bridgehead atoms. The number of rotatable bonds is 6. The molecule has 0 fully saturated rings. The Kier molecular flexibility index (Phi) is 5.78. The summed E-state index contributed by atoms with van der Waals surface area (Å²) in [5.74, 6) is -0.516. The van der Waals surface area contributed by atoms with Crippen LogP contribution in [0.25, 0.3) is 0 Å². The fraction of sp³-hybridized carbons (Fsp3) is 0.0588. The van der Waals surface area contributed by atoms with Crippen molar-refractivity contribution in [2.24, 2.45) is 0 Å². The summed E-state index contributed by atoms with van der Waals surface area (Å²) in [7, 11) is 0. The van der Waals surface area contributed by atoms with E-state index < -0.39 is 0 Å². The van der Waals surface area contributed by atoms with Crippen LogP contribution in [-0.4, -0.2) is 21.9 Å². The van der Waals surface area contributed by atoms with Crippen LogP contribution in [0.15, 0.2) is 52.9 Å². The number of carbonyl (C=O) groups is 1. The summed E-state index contributed by atoms with van der Waals surface area (Å²) in [5.41, 5.74) is 1.18. The molecule has 9 heteroatoms. The molecule has 0 saturated carbocycles. The molecule has 3 rings (SSSR count). The molecule has 0 radical (unpaired) electrons.